The molecule has 0 atom stereocenters. The molecule has 1 amide bonds. The second-order valence-corrected chi connectivity index (χ2v) is 6.53. The summed E-state index contributed by atoms with van der Waals surface area (Å²) in [6, 6.07) is 11.7. The minimum absolute atomic E-state index is 0.0103. The van der Waals surface area contributed by atoms with Gasteiger partial charge in [0.05, 0.1) is 12.0 Å². The van der Waals surface area contributed by atoms with Crippen LogP contribution in [0.1, 0.15) is 15.9 Å². The Kier molecular flexibility index (Phi) is 5.83. The third-order valence-corrected chi connectivity index (χ3v) is 4.55. The molecule has 2 heterocycles. The van der Waals surface area contributed by atoms with Crippen molar-refractivity contribution in [2.45, 2.75) is 6.54 Å². The summed E-state index contributed by atoms with van der Waals surface area (Å²) in [5, 5.41) is 14.6. The Bertz CT molecular complexity index is 1150. The molecule has 164 valence electrons. The first kappa shape index (κ1) is 20.7. The standard InChI is InChI=1S/C20H18N6O6/c1-30-14-5-3-13(4-6-14)20(27)25-24-19-17(26(28)29)18(22-10-23-19)21-9-12-2-7-15-16(8-12)32-11-31-15/h2-8,10H,9,11H2,1H3,(H,25,27)(H2,21,22,23,24). The van der Waals surface area contributed by atoms with Crippen LogP contribution in [0.3, 0.4) is 0 Å². The molecule has 12 nitrogen and oxygen atoms in total. The number of carbonyl (C=O) groups excluding carboxylic acids is 1. The number of nitrogens with zero attached hydrogens (tertiary/aromatic N) is 3. The predicted octanol–water partition coefficient (Wildman–Crippen LogP) is 2.49. The molecule has 0 bridgehead atoms. The minimum atomic E-state index is -0.635. The molecule has 32 heavy (non-hydrogen) atoms. The van der Waals surface area contributed by atoms with Gasteiger partial charge in [0.2, 0.25) is 18.4 Å². The number of anilines is 2. The third-order valence-electron chi connectivity index (χ3n) is 4.55. The molecule has 3 aromatic rings. The fourth-order valence-corrected chi connectivity index (χ4v) is 2.94. The fourth-order valence-electron chi connectivity index (χ4n) is 2.94. The number of rotatable bonds is 8. The van der Waals surface area contributed by atoms with Gasteiger partial charge in [0.1, 0.15) is 12.1 Å². The van der Waals surface area contributed by atoms with Crippen molar-refractivity contribution >= 4 is 23.2 Å². The van der Waals surface area contributed by atoms with E-state index in [1.165, 1.54) is 7.11 Å². The quantitative estimate of drug-likeness (QED) is 0.353. The molecule has 3 N–H and O–H groups in total. The summed E-state index contributed by atoms with van der Waals surface area (Å²) >= 11 is 0. The first-order valence-electron chi connectivity index (χ1n) is 9.37. The number of benzene rings is 2. The van der Waals surface area contributed by atoms with Crippen LogP contribution in [0.15, 0.2) is 48.8 Å². The molecule has 0 unspecified atom stereocenters. The number of fused-ring (bicyclic) bond motifs is 1. The fraction of sp³-hybridized carbons (Fsp3) is 0.150. The van der Waals surface area contributed by atoms with Crippen molar-refractivity contribution in [3.8, 4) is 17.2 Å². The van der Waals surface area contributed by atoms with Crippen molar-refractivity contribution in [2.24, 2.45) is 0 Å². The zero-order chi connectivity index (χ0) is 22.5. The van der Waals surface area contributed by atoms with Crippen molar-refractivity contribution < 1.29 is 23.9 Å². The number of nitro groups is 1. The summed E-state index contributed by atoms with van der Waals surface area (Å²) in [5.74, 6) is 1.16. The van der Waals surface area contributed by atoms with Crippen LogP contribution in [-0.4, -0.2) is 34.7 Å². The van der Waals surface area contributed by atoms with Crippen molar-refractivity contribution in [2.75, 3.05) is 24.6 Å². The molecule has 4 rings (SSSR count). The van der Waals surface area contributed by atoms with Gasteiger partial charge < -0.3 is 19.5 Å². The van der Waals surface area contributed by atoms with E-state index in [-0.39, 0.29) is 25.0 Å². The summed E-state index contributed by atoms with van der Waals surface area (Å²) in [5.41, 5.74) is 5.61. The Labute approximate surface area is 181 Å². The Balaban J connectivity index is 1.46. The molecular weight excluding hydrogens is 420 g/mol. The lowest BCUT2D eigenvalue weighted by Crippen LogP contribution is -2.30. The SMILES string of the molecule is COc1ccc(C(=O)NNc2ncnc(NCc3ccc4c(c3)OCO4)c2[N+](=O)[O-])cc1. The second-order valence-electron chi connectivity index (χ2n) is 6.53. The number of hydrogen-bond donors (Lipinski definition) is 3. The topological polar surface area (TPSA) is 150 Å². The lowest BCUT2D eigenvalue weighted by Gasteiger charge is -2.11. The maximum absolute atomic E-state index is 12.3. The van der Waals surface area contributed by atoms with Crippen molar-refractivity contribution in [3.05, 3.63) is 70.0 Å². The first-order chi connectivity index (χ1) is 15.5. The van der Waals surface area contributed by atoms with Crippen molar-refractivity contribution in [3.63, 3.8) is 0 Å². The zero-order valence-electron chi connectivity index (χ0n) is 16.8. The number of methoxy groups -OCH3 is 1. The summed E-state index contributed by atoms with van der Waals surface area (Å²) in [7, 11) is 1.52. The summed E-state index contributed by atoms with van der Waals surface area (Å²) in [6.45, 7) is 0.396. The maximum Gasteiger partial charge on any atom is 0.354 e. The molecule has 12 heteroatoms. The molecule has 0 radical (unpaired) electrons. The van der Waals surface area contributed by atoms with Gasteiger partial charge in [0, 0.05) is 12.1 Å². The lowest BCUT2D eigenvalue weighted by atomic mass is 10.2. The van der Waals surface area contributed by atoms with E-state index >= 15 is 0 Å². The van der Waals surface area contributed by atoms with Crippen LogP contribution in [0.2, 0.25) is 0 Å². The van der Waals surface area contributed by atoms with Gasteiger partial charge in [-0.3, -0.25) is 25.8 Å². The summed E-state index contributed by atoms with van der Waals surface area (Å²) < 4.78 is 15.7. The average molecular weight is 438 g/mol. The second kappa shape index (κ2) is 9.04. The average Bonchev–Trinajstić information content (AvgIpc) is 3.29. The van der Waals surface area contributed by atoms with E-state index in [2.05, 4.69) is 26.1 Å². The summed E-state index contributed by atoms with van der Waals surface area (Å²) in [4.78, 5) is 31.2. The Morgan fingerprint density at radius 3 is 2.62 bits per heavy atom. The number of hydrazine groups is 1. The highest BCUT2D eigenvalue weighted by Gasteiger charge is 2.24. The summed E-state index contributed by atoms with van der Waals surface area (Å²) in [6.07, 6.45) is 1.15. The largest absolute Gasteiger partial charge is 0.497 e. The van der Waals surface area contributed by atoms with Gasteiger partial charge >= 0.3 is 5.69 Å². The Hall–Kier alpha value is -4.61. The van der Waals surface area contributed by atoms with Crippen LogP contribution in [0, 0.1) is 10.1 Å². The third kappa shape index (κ3) is 4.43. The van der Waals surface area contributed by atoms with Crippen LogP contribution in [0.5, 0.6) is 17.2 Å². The van der Waals surface area contributed by atoms with Crippen molar-refractivity contribution in [1.82, 2.24) is 15.4 Å². The van der Waals surface area contributed by atoms with E-state index in [4.69, 9.17) is 14.2 Å². The smallest absolute Gasteiger partial charge is 0.354 e. The number of nitrogens with one attached hydrogen (secondary N) is 3. The minimum Gasteiger partial charge on any atom is -0.497 e. The maximum atomic E-state index is 12.3. The highest BCUT2D eigenvalue weighted by molar-refractivity contribution is 5.95. The Morgan fingerprint density at radius 2 is 1.88 bits per heavy atom. The van der Waals surface area contributed by atoms with E-state index in [1.54, 1.807) is 36.4 Å². The molecule has 2 aromatic carbocycles. The van der Waals surface area contributed by atoms with Gasteiger partial charge in [0.25, 0.3) is 5.91 Å². The van der Waals surface area contributed by atoms with Crippen LogP contribution in [0.25, 0.3) is 0 Å². The van der Waals surface area contributed by atoms with Gasteiger partial charge in [-0.2, -0.15) is 0 Å². The van der Waals surface area contributed by atoms with Crippen LogP contribution in [-0.2, 0) is 6.54 Å². The number of carbonyl (C=O) groups is 1. The first-order valence-corrected chi connectivity index (χ1v) is 9.37. The van der Waals surface area contributed by atoms with E-state index in [0.717, 1.165) is 11.9 Å². The molecule has 0 aliphatic carbocycles. The molecule has 0 saturated carbocycles. The highest BCUT2D eigenvalue weighted by Crippen LogP contribution is 2.33. The van der Waals surface area contributed by atoms with Crippen molar-refractivity contribution in [1.29, 1.82) is 0 Å². The number of hydrogen-bond acceptors (Lipinski definition) is 10. The highest BCUT2D eigenvalue weighted by atomic mass is 16.7. The lowest BCUT2D eigenvalue weighted by molar-refractivity contribution is -0.383. The molecule has 1 aromatic heterocycles. The molecule has 0 spiro atoms. The number of ether oxygens (including phenoxy) is 3. The molecular formula is C20H18N6O6. The van der Waals surface area contributed by atoms with Gasteiger partial charge in [-0.1, -0.05) is 6.07 Å². The predicted molar refractivity (Wildman–Crippen MR) is 113 cm³/mol. The van der Waals surface area contributed by atoms with Crippen LogP contribution >= 0.6 is 0 Å². The number of amides is 1. The Morgan fingerprint density at radius 1 is 1.12 bits per heavy atom. The molecule has 0 saturated heterocycles. The van der Waals surface area contributed by atoms with E-state index < -0.39 is 16.5 Å². The normalized spacial score (nSPS) is 11.5. The number of aromatic nitrogens is 2. The molecule has 1 aliphatic rings. The van der Waals surface area contributed by atoms with Gasteiger partial charge in [0.15, 0.2) is 11.5 Å². The van der Waals surface area contributed by atoms with Crippen LogP contribution < -0.4 is 30.4 Å². The van der Waals surface area contributed by atoms with E-state index in [0.29, 0.717) is 22.8 Å². The molecule has 1 aliphatic heterocycles. The monoisotopic (exact) mass is 438 g/mol. The van der Waals surface area contributed by atoms with E-state index in [9.17, 15) is 14.9 Å². The molecule has 0 fully saturated rings. The van der Waals surface area contributed by atoms with Gasteiger partial charge in [-0.15, -0.1) is 0 Å². The van der Waals surface area contributed by atoms with Gasteiger partial charge in [-0.05, 0) is 42.0 Å². The zero-order valence-corrected chi connectivity index (χ0v) is 16.8. The van der Waals surface area contributed by atoms with E-state index in [1.807, 2.05) is 6.07 Å². The van der Waals surface area contributed by atoms with Gasteiger partial charge in [-0.25, -0.2) is 9.97 Å². The van der Waals surface area contributed by atoms with Crippen LogP contribution in [0.4, 0.5) is 17.3 Å².